The lowest BCUT2D eigenvalue weighted by Gasteiger charge is -2.19. The van der Waals surface area contributed by atoms with E-state index in [-0.39, 0.29) is 4.90 Å². The number of nitrogens with one attached hydrogen (secondary N) is 1. The molecule has 0 unspecified atom stereocenters. The van der Waals surface area contributed by atoms with Gasteiger partial charge in [0.15, 0.2) is 0 Å². The number of fused-ring (bicyclic) bond motifs is 1. The van der Waals surface area contributed by atoms with Crippen LogP contribution in [0.1, 0.15) is 29.5 Å². The van der Waals surface area contributed by atoms with E-state index in [9.17, 15) is 8.42 Å². The van der Waals surface area contributed by atoms with E-state index in [4.69, 9.17) is 27.9 Å². The molecule has 0 aliphatic heterocycles. The highest BCUT2D eigenvalue weighted by Crippen LogP contribution is 2.32. The Kier molecular flexibility index (Phi) is 7.56. The van der Waals surface area contributed by atoms with E-state index in [1.165, 1.54) is 12.7 Å². The highest BCUT2D eigenvalue weighted by atomic mass is 35.5. The summed E-state index contributed by atoms with van der Waals surface area (Å²) in [5.74, 6) is 1.80. The zero-order valence-corrected chi connectivity index (χ0v) is 18.8. The van der Waals surface area contributed by atoms with Gasteiger partial charge in [0.05, 0.1) is 17.2 Å². The average Bonchev–Trinajstić information content (AvgIpc) is 2.69. The standard InChI is InChI=1S/C20H23Cl2NO3S2/c1-26-19-11-15-4-2-3-5-16(15)12-20(19)28(24,25)23-8-9-27-13-14-6-7-17(21)18(22)10-14/h6-7,10-12,23H,2-5,8-9,13H2,1H3. The van der Waals surface area contributed by atoms with Crippen LogP contribution in [0.4, 0.5) is 0 Å². The van der Waals surface area contributed by atoms with Gasteiger partial charge in [0, 0.05) is 18.1 Å². The van der Waals surface area contributed by atoms with Gasteiger partial charge in [-0.05, 0) is 66.6 Å². The molecular weight excluding hydrogens is 437 g/mol. The molecule has 152 valence electrons. The Labute approximate surface area is 181 Å². The number of ether oxygens (including phenoxy) is 1. The van der Waals surface area contributed by atoms with E-state index in [2.05, 4.69) is 4.72 Å². The van der Waals surface area contributed by atoms with E-state index in [0.717, 1.165) is 42.6 Å². The van der Waals surface area contributed by atoms with Gasteiger partial charge in [-0.2, -0.15) is 11.8 Å². The molecule has 1 aliphatic carbocycles. The first-order valence-electron chi connectivity index (χ1n) is 9.12. The zero-order chi connectivity index (χ0) is 20.1. The molecule has 0 bridgehead atoms. The molecule has 0 aromatic heterocycles. The van der Waals surface area contributed by atoms with Crippen molar-refractivity contribution in [2.75, 3.05) is 19.4 Å². The molecule has 0 saturated heterocycles. The van der Waals surface area contributed by atoms with Gasteiger partial charge in [-0.25, -0.2) is 13.1 Å². The molecule has 0 amide bonds. The Bertz CT molecular complexity index is 949. The van der Waals surface area contributed by atoms with E-state index in [1.807, 2.05) is 18.2 Å². The average molecular weight is 460 g/mol. The maximum Gasteiger partial charge on any atom is 0.244 e. The highest BCUT2D eigenvalue weighted by Gasteiger charge is 2.22. The number of thioether (sulfide) groups is 1. The van der Waals surface area contributed by atoms with Crippen molar-refractivity contribution >= 4 is 45.0 Å². The Balaban J connectivity index is 1.58. The summed E-state index contributed by atoms with van der Waals surface area (Å²) < 4.78 is 33.6. The quantitative estimate of drug-likeness (QED) is 0.558. The normalized spacial score (nSPS) is 14.0. The van der Waals surface area contributed by atoms with Crippen LogP contribution in [0.2, 0.25) is 10.0 Å². The summed E-state index contributed by atoms with van der Waals surface area (Å²) in [6.45, 7) is 0.342. The molecule has 3 rings (SSSR count). The van der Waals surface area contributed by atoms with Gasteiger partial charge in [0.25, 0.3) is 0 Å². The Morgan fingerprint density at radius 2 is 1.79 bits per heavy atom. The lowest BCUT2D eigenvalue weighted by molar-refractivity contribution is 0.401. The summed E-state index contributed by atoms with van der Waals surface area (Å²) in [5.41, 5.74) is 3.36. The Morgan fingerprint density at radius 3 is 2.46 bits per heavy atom. The molecule has 2 aromatic rings. The molecule has 1 N–H and O–H groups in total. The Hall–Kier alpha value is -0.920. The fourth-order valence-corrected chi connectivity index (χ4v) is 5.74. The van der Waals surface area contributed by atoms with Crippen LogP contribution in [-0.4, -0.2) is 27.8 Å². The highest BCUT2D eigenvalue weighted by molar-refractivity contribution is 7.98. The molecule has 28 heavy (non-hydrogen) atoms. The predicted octanol–water partition coefficient (Wildman–Crippen LogP) is 5.09. The van der Waals surface area contributed by atoms with E-state index >= 15 is 0 Å². The van der Waals surface area contributed by atoms with Crippen LogP contribution >= 0.6 is 35.0 Å². The smallest absolute Gasteiger partial charge is 0.244 e. The fourth-order valence-electron chi connectivity index (χ4n) is 3.26. The minimum Gasteiger partial charge on any atom is -0.495 e. The zero-order valence-electron chi connectivity index (χ0n) is 15.6. The van der Waals surface area contributed by atoms with Crippen LogP contribution in [0.5, 0.6) is 5.75 Å². The first-order chi connectivity index (χ1) is 13.4. The van der Waals surface area contributed by atoms with Crippen molar-refractivity contribution in [3.63, 3.8) is 0 Å². The van der Waals surface area contributed by atoms with Gasteiger partial charge in [-0.1, -0.05) is 29.3 Å². The topological polar surface area (TPSA) is 55.4 Å². The number of sulfonamides is 1. The Morgan fingerprint density at radius 1 is 1.07 bits per heavy atom. The number of aryl methyl sites for hydroxylation is 2. The first-order valence-corrected chi connectivity index (χ1v) is 12.5. The van der Waals surface area contributed by atoms with Gasteiger partial charge in [0.1, 0.15) is 10.6 Å². The van der Waals surface area contributed by atoms with Gasteiger partial charge >= 0.3 is 0 Å². The summed E-state index contributed by atoms with van der Waals surface area (Å²) >= 11 is 13.6. The maximum atomic E-state index is 12.8. The van der Waals surface area contributed by atoms with Crippen molar-refractivity contribution in [1.29, 1.82) is 0 Å². The van der Waals surface area contributed by atoms with Crippen molar-refractivity contribution < 1.29 is 13.2 Å². The number of hydrogen-bond donors (Lipinski definition) is 1. The molecule has 1 aliphatic rings. The summed E-state index contributed by atoms with van der Waals surface area (Å²) in [4.78, 5) is 0.227. The largest absolute Gasteiger partial charge is 0.495 e. The maximum absolute atomic E-state index is 12.8. The molecule has 0 spiro atoms. The van der Waals surface area contributed by atoms with Gasteiger partial charge in [-0.15, -0.1) is 0 Å². The third kappa shape index (κ3) is 5.36. The van der Waals surface area contributed by atoms with Gasteiger partial charge in [-0.3, -0.25) is 0 Å². The second-order valence-electron chi connectivity index (χ2n) is 6.68. The van der Waals surface area contributed by atoms with Crippen LogP contribution in [0.15, 0.2) is 35.2 Å². The summed E-state index contributed by atoms with van der Waals surface area (Å²) in [6, 6.07) is 9.17. The molecule has 8 heteroatoms. The van der Waals surface area contributed by atoms with Crippen molar-refractivity contribution in [2.24, 2.45) is 0 Å². The predicted molar refractivity (Wildman–Crippen MR) is 117 cm³/mol. The summed E-state index contributed by atoms with van der Waals surface area (Å²) in [7, 11) is -2.11. The number of rotatable bonds is 8. The molecule has 0 atom stereocenters. The summed E-state index contributed by atoms with van der Waals surface area (Å²) in [6.07, 6.45) is 4.13. The SMILES string of the molecule is COc1cc2c(cc1S(=O)(=O)NCCSCc1ccc(Cl)c(Cl)c1)CCCC2. The van der Waals surface area contributed by atoms with E-state index < -0.39 is 10.0 Å². The van der Waals surface area contributed by atoms with Gasteiger partial charge < -0.3 is 4.74 Å². The van der Waals surface area contributed by atoms with Crippen molar-refractivity contribution in [2.45, 2.75) is 36.3 Å². The van der Waals surface area contributed by atoms with Gasteiger partial charge in [0.2, 0.25) is 10.0 Å². The van der Waals surface area contributed by atoms with Crippen LogP contribution in [0.3, 0.4) is 0 Å². The molecule has 2 aromatic carbocycles. The lowest BCUT2D eigenvalue weighted by atomic mass is 9.92. The van der Waals surface area contributed by atoms with E-state index in [0.29, 0.717) is 28.1 Å². The first kappa shape index (κ1) is 21.8. The third-order valence-electron chi connectivity index (χ3n) is 4.71. The molecule has 4 nitrogen and oxygen atoms in total. The monoisotopic (exact) mass is 459 g/mol. The van der Waals surface area contributed by atoms with Crippen LogP contribution in [0.25, 0.3) is 0 Å². The molecule has 0 radical (unpaired) electrons. The molecule has 0 heterocycles. The minimum absolute atomic E-state index is 0.227. The van der Waals surface area contributed by atoms with Crippen molar-refractivity contribution in [3.8, 4) is 5.75 Å². The third-order valence-corrected chi connectivity index (χ3v) is 7.96. The molecule has 0 fully saturated rings. The summed E-state index contributed by atoms with van der Waals surface area (Å²) in [5, 5.41) is 1.06. The van der Waals surface area contributed by atoms with Crippen LogP contribution in [-0.2, 0) is 28.6 Å². The number of hydrogen-bond acceptors (Lipinski definition) is 4. The fraction of sp³-hybridized carbons (Fsp3) is 0.400. The van der Waals surface area contributed by atoms with Crippen molar-refractivity contribution in [3.05, 3.63) is 57.1 Å². The molecular formula is C20H23Cl2NO3S2. The van der Waals surface area contributed by atoms with Crippen molar-refractivity contribution in [1.82, 2.24) is 4.72 Å². The van der Waals surface area contributed by atoms with Crippen LogP contribution < -0.4 is 9.46 Å². The lowest BCUT2D eigenvalue weighted by Crippen LogP contribution is -2.27. The minimum atomic E-state index is -3.62. The number of methoxy groups -OCH3 is 1. The second-order valence-corrected chi connectivity index (χ2v) is 10.3. The number of halogens is 2. The molecule has 0 saturated carbocycles. The second kappa shape index (κ2) is 9.72. The number of benzene rings is 2. The van der Waals surface area contributed by atoms with E-state index in [1.54, 1.807) is 23.9 Å². The van der Waals surface area contributed by atoms with Crippen LogP contribution in [0, 0.1) is 0 Å².